The van der Waals surface area contributed by atoms with Crippen LogP contribution in [0.3, 0.4) is 0 Å². The van der Waals surface area contributed by atoms with Crippen molar-refractivity contribution in [3.05, 3.63) is 35.1 Å². The Kier molecular flexibility index (Phi) is 6.03. The van der Waals surface area contributed by atoms with Gasteiger partial charge in [-0.15, -0.1) is 0 Å². The molecule has 1 aliphatic rings. The molecule has 148 valence electrons. The van der Waals surface area contributed by atoms with Gasteiger partial charge in [0.2, 0.25) is 5.91 Å². The van der Waals surface area contributed by atoms with Crippen molar-refractivity contribution in [2.45, 2.75) is 20.3 Å². The number of carbonyl (C=O) groups is 4. The molecule has 9 heteroatoms. The van der Waals surface area contributed by atoms with Gasteiger partial charge in [-0.05, 0) is 25.0 Å². The molecule has 8 nitrogen and oxygen atoms in total. The molecule has 0 saturated carbocycles. The number of esters is 1. The number of hydrogen-bond donors (Lipinski definition) is 1. The van der Waals surface area contributed by atoms with Crippen molar-refractivity contribution in [2.75, 3.05) is 25.4 Å². The lowest BCUT2D eigenvalue weighted by atomic mass is 10.0. The van der Waals surface area contributed by atoms with Crippen molar-refractivity contribution in [1.82, 2.24) is 10.2 Å². The van der Waals surface area contributed by atoms with E-state index >= 15 is 0 Å². The fourth-order valence-electron chi connectivity index (χ4n) is 2.83. The number of aryl methyl sites for hydroxylation is 2. The minimum atomic E-state index is -0.544. The molecule has 1 aromatic heterocycles. The third-order valence-corrected chi connectivity index (χ3v) is 5.40. The molecule has 1 fully saturated rings. The van der Waals surface area contributed by atoms with Gasteiger partial charge in [-0.1, -0.05) is 23.9 Å². The minimum Gasteiger partial charge on any atom is -0.464 e. The molecule has 0 aliphatic carbocycles. The van der Waals surface area contributed by atoms with Crippen molar-refractivity contribution >= 4 is 45.8 Å². The van der Waals surface area contributed by atoms with Gasteiger partial charge >= 0.3 is 5.97 Å². The number of amides is 3. The average Bonchev–Trinajstić information content (AvgIpc) is 3.21. The highest BCUT2D eigenvalue weighted by atomic mass is 32.2. The maximum atomic E-state index is 12.0. The number of carbonyl (C=O) groups excluding carboxylic acids is 4. The highest BCUT2D eigenvalue weighted by Crippen LogP contribution is 2.26. The summed E-state index contributed by atoms with van der Waals surface area (Å²) in [6.45, 7) is 3.72. The van der Waals surface area contributed by atoms with Crippen LogP contribution in [0, 0.1) is 13.8 Å². The van der Waals surface area contributed by atoms with Crippen molar-refractivity contribution in [2.24, 2.45) is 0 Å². The van der Waals surface area contributed by atoms with E-state index < -0.39 is 18.5 Å². The second-order valence-electron chi connectivity index (χ2n) is 6.43. The monoisotopic (exact) mass is 404 g/mol. The zero-order chi connectivity index (χ0) is 20.3. The Morgan fingerprint density at radius 3 is 2.79 bits per heavy atom. The third-order valence-electron chi connectivity index (χ3n) is 4.54. The molecule has 2 heterocycles. The lowest BCUT2D eigenvalue weighted by Gasteiger charge is -2.13. The maximum absolute atomic E-state index is 12.0. The van der Waals surface area contributed by atoms with Crippen LogP contribution in [0.25, 0.3) is 11.0 Å². The van der Waals surface area contributed by atoms with Gasteiger partial charge in [0.25, 0.3) is 11.1 Å². The number of furan rings is 1. The number of ether oxygens (including phenoxy) is 1. The van der Waals surface area contributed by atoms with E-state index in [-0.39, 0.29) is 36.4 Å². The highest BCUT2D eigenvalue weighted by molar-refractivity contribution is 8.14. The second-order valence-corrected chi connectivity index (χ2v) is 7.36. The lowest BCUT2D eigenvalue weighted by Crippen LogP contribution is -2.38. The van der Waals surface area contributed by atoms with E-state index in [1.54, 1.807) is 0 Å². The smallest absolute Gasteiger partial charge is 0.310 e. The van der Waals surface area contributed by atoms with E-state index in [0.29, 0.717) is 5.56 Å². The quantitative estimate of drug-likeness (QED) is 0.703. The van der Waals surface area contributed by atoms with E-state index in [9.17, 15) is 19.2 Å². The molecule has 0 radical (unpaired) electrons. The zero-order valence-electron chi connectivity index (χ0n) is 15.6. The average molecular weight is 404 g/mol. The van der Waals surface area contributed by atoms with Crippen LogP contribution in [0.4, 0.5) is 4.79 Å². The van der Waals surface area contributed by atoms with E-state index in [1.165, 1.54) is 6.26 Å². The first-order chi connectivity index (χ1) is 13.4. The summed E-state index contributed by atoms with van der Waals surface area (Å²) in [7, 11) is 0. The molecule has 0 atom stereocenters. The Balaban J connectivity index is 1.44. The summed E-state index contributed by atoms with van der Waals surface area (Å²) in [5, 5.41) is 3.05. The first-order valence-electron chi connectivity index (χ1n) is 8.72. The number of nitrogens with zero attached hydrogens (tertiary/aromatic N) is 1. The summed E-state index contributed by atoms with van der Waals surface area (Å²) < 4.78 is 10.6. The van der Waals surface area contributed by atoms with Crippen LogP contribution in [0.2, 0.25) is 0 Å². The van der Waals surface area contributed by atoms with Crippen LogP contribution in [0.15, 0.2) is 22.8 Å². The van der Waals surface area contributed by atoms with Gasteiger partial charge in [-0.3, -0.25) is 24.1 Å². The lowest BCUT2D eigenvalue weighted by molar-refractivity contribution is -0.147. The first-order valence-corrected chi connectivity index (χ1v) is 9.71. The van der Waals surface area contributed by atoms with E-state index in [2.05, 4.69) is 5.32 Å². The standard InChI is InChI=1S/C19H20N2O6S/c1-11-3-4-14-13(8-27-18(14)12(11)2)7-17(24)26-9-15(22)20-5-6-21-16(23)10-28-19(21)25/h3-4,8H,5-7,9-10H2,1-2H3,(H,20,22). The van der Waals surface area contributed by atoms with Crippen molar-refractivity contribution in [3.63, 3.8) is 0 Å². The van der Waals surface area contributed by atoms with Crippen LogP contribution in [-0.2, 0) is 25.5 Å². The Bertz CT molecular complexity index is 935. The molecule has 0 unspecified atom stereocenters. The molecule has 1 saturated heterocycles. The van der Waals surface area contributed by atoms with Gasteiger partial charge in [0.05, 0.1) is 18.4 Å². The number of benzene rings is 1. The number of rotatable bonds is 7. The predicted molar refractivity (Wildman–Crippen MR) is 103 cm³/mol. The van der Waals surface area contributed by atoms with Gasteiger partial charge < -0.3 is 14.5 Å². The molecule has 3 rings (SSSR count). The third kappa shape index (κ3) is 4.36. The van der Waals surface area contributed by atoms with Gasteiger partial charge in [-0.25, -0.2) is 0 Å². The van der Waals surface area contributed by atoms with E-state index in [4.69, 9.17) is 9.15 Å². The first kappa shape index (κ1) is 19.9. The largest absolute Gasteiger partial charge is 0.464 e. The molecule has 3 amide bonds. The van der Waals surface area contributed by atoms with Gasteiger partial charge in [0.15, 0.2) is 6.61 Å². The van der Waals surface area contributed by atoms with Crippen molar-refractivity contribution in [3.8, 4) is 0 Å². The molecule has 1 aromatic carbocycles. The summed E-state index contributed by atoms with van der Waals surface area (Å²) >= 11 is 0.938. The van der Waals surface area contributed by atoms with Gasteiger partial charge in [0.1, 0.15) is 5.58 Å². The molecule has 1 N–H and O–H groups in total. The predicted octanol–water partition coefficient (Wildman–Crippen LogP) is 1.95. The highest BCUT2D eigenvalue weighted by Gasteiger charge is 2.29. The summed E-state index contributed by atoms with van der Waals surface area (Å²) in [5.41, 5.74) is 3.56. The number of imide groups is 1. The minimum absolute atomic E-state index is 0.00319. The maximum Gasteiger partial charge on any atom is 0.310 e. The summed E-state index contributed by atoms with van der Waals surface area (Å²) in [5.74, 6) is -1.18. The van der Waals surface area contributed by atoms with Gasteiger partial charge in [-0.2, -0.15) is 0 Å². The van der Waals surface area contributed by atoms with Crippen molar-refractivity contribution in [1.29, 1.82) is 0 Å². The molecule has 28 heavy (non-hydrogen) atoms. The molecular weight excluding hydrogens is 384 g/mol. The van der Waals surface area contributed by atoms with Crippen molar-refractivity contribution < 1.29 is 28.3 Å². The zero-order valence-corrected chi connectivity index (χ0v) is 16.4. The summed E-state index contributed by atoms with van der Waals surface area (Å²) in [4.78, 5) is 47.8. The SMILES string of the molecule is Cc1ccc2c(CC(=O)OCC(=O)NCCN3C(=O)CSC3=O)coc2c1C. The Hall–Kier alpha value is -2.81. The molecular formula is C19H20N2O6S. The van der Waals surface area contributed by atoms with Crippen LogP contribution < -0.4 is 5.32 Å². The fourth-order valence-corrected chi connectivity index (χ4v) is 3.58. The van der Waals surface area contributed by atoms with Crippen LogP contribution in [0.5, 0.6) is 0 Å². The second kappa shape index (κ2) is 8.47. The van der Waals surface area contributed by atoms with Gasteiger partial charge in [0, 0.05) is 24.0 Å². The van der Waals surface area contributed by atoms with Crippen LogP contribution >= 0.6 is 11.8 Å². The molecule has 1 aliphatic heterocycles. The number of thioether (sulfide) groups is 1. The molecule has 0 spiro atoms. The molecule has 2 aromatic rings. The number of hydrogen-bond acceptors (Lipinski definition) is 7. The summed E-state index contributed by atoms with van der Waals surface area (Å²) in [6, 6.07) is 3.86. The molecule has 0 bridgehead atoms. The summed E-state index contributed by atoms with van der Waals surface area (Å²) in [6.07, 6.45) is 1.53. The Morgan fingerprint density at radius 2 is 2.07 bits per heavy atom. The van der Waals surface area contributed by atoms with E-state index in [0.717, 1.165) is 38.8 Å². The number of fused-ring (bicyclic) bond motifs is 1. The number of nitrogens with one attached hydrogen (secondary N) is 1. The van der Waals surface area contributed by atoms with E-state index in [1.807, 2.05) is 26.0 Å². The van der Waals surface area contributed by atoms with Crippen LogP contribution in [-0.4, -0.2) is 53.4 Å². The Morgan fingerprint density at radius 1 is 1.29 bits per heavy atom. The Labute approximate surface area is 165 Å². The topological polar surface area (TPSA) is 106 Å². The normalized spacial score (nSPS) is 14.0. The van der Waals surface area contributed by atoms with Crippen LogP contribution in [0.1, 0.15) is 16.7 Å². The fraction of sp³-hybridized carbons (Fsp3) is 0.368.